The van der Waals surface area contributed by atoms with Gasteiger partial charge < -0.3 is 9.47 Å². The number of carbonyl (C=O) groups excluding carboxylic acids is 1. The number of rotatable bonds is 4. The highest BCUT2D eigenvalue weighted by molar-refractivity contribution is 5.64. The van der Waals surface area contributed by atoms with Gasteiger partial charge in [-0.15, -0.1) is 0 Å². The van der Waals surface area contributed by atoms with E-state index in [0.717, 1.165) is 12.8 Å². The Labute approximate surface area is 120 Å². The third-order valence-corrected chi connectivity index (χ3v) is 3.60. The molecule has 3 heteroatoms. The zero-order valence-electron chi connectivity index (χ0n) is 12.0. The van der Waals surface area contributed by atoms with E-state index in [1.54, 1.807) is 0 Å². The highest BCUT2D eigenvalue weighted by Crippen LogP contribution is 2.31. The monoisotopic (exact) mass is 272 g/mol. The number of carbonyl (C=O) groups is 1. The zero-order valence-corrected chi connectivity index (χ0v) is 12.0. The van der Waals surface area contributed by atoms with Crippen molar-refractivity contribution < 1.29 is 14.3 Å². The first-order valence-corrected chi connectivity index (χ1v) is 7.13. The van der Waals surface area contributed by atoms with Gasteiger partial charge in [0.2, 0.25) is 5.60 Å². The van der Waals surface area contributed by atoms with Crippen LogP contribution in [-0.2, 0) is 15.9 Å². The molecule has 2 rings (SSSR count). The highest BCUT2D eigenvalue weighted by Gasteiger charge is 2.48. The van der Waals surface area contributed by atoms with Crippen LogP contribution in [0.4, 0.5) is 4.79 Å². The maximum absolute atomic E-state index is 11.3. The lowest BCUT2D eigenvalue weighted by molar-refractivity contribution is 0.0777. The second-order valence-corrected chi connectivity index (χ2v) is 4.90. The van der Waals surface area contributed by atoms with E-state index >= 15 is 0 Å². The van der Waals surface area contributed by atoms with Crippen molar-refractivity contribution in [3.63, 3.8) is 0 Å². The number of aryl methyl sites for hydroxylation is 1. The molecule has 1 aromatic rings. The number of cyclic esters (lactones) is 2. The predicted octanol–water partition coefficient (Wildman–Crippen LogP) is 3.72. The van der Waals surface area contributed by atoms with Crippen molar-refractivity contribution in [2.75, 3.05) is 0 Å². The average Bonchev–Trinajstić information content (AvgIpc) is 2.81. The molecule has 0 amide bonds. The van der Waals surface area contributed by atoms with Crippen molar-refractivity contribution in [3.05, 3.63) is 35.9 Å². The summed E-state index contributed by atoms with van der Waals surface area (Å²) in [5, 5.41) is 0. The summed E-state index contributed by atoms with van der Waals surface area (Å²) in [6, 6.07) is 10.2. The SMILES string of the molecule is CCC1OC(=O)OC1(C#CCCc1ccccc1)CC. The fourth-order valence-electron chi connectivity index (χ4n) is 2.42. The van der Waals surface area contributed by atoms with E-state index < -0.39 is 11.8 Å². The van der Waals surface area contributed by atoms with Crippen molar-refractivity contribution in [2.24, 2.45) is 0 Å². The fraction of sp³-hybridized carbons (Fsp3) is 0.471. The van der Waals surface area contributed by atoms with E-state index in [2.05, 4.69) is 24.0 Å². The van der Waals surface area contributed by atoms with Crippen LogP contribution in [-0.4, -0.2) is 17.9 Å². The van der Waals surface area contributed by atoms with Crippen molar-refractivity contribution in [1.82, 2.24) is 0 Å². The minimum absolute atomic E-state index is 0.260. The third kappa shape index (κ3) is 3.14. The lowest BCUT2D eigenvalue weighted by atomic mass is 9.92. The van der Waals surface area contributed by atoms with Gasteiger partial charge in [0.15, 0.2) is 6.10 Å². The minimum atomic E-state index is -0.761. The standard InChI is InChI=1S/C17H20O3/c1-3-15-17(4-2,20-16(18)19-15)13-9-8-12-14-10-6-5-7-11-14/h5-7,10-11,15H,3-4,8,12H2,1-2H3. The van der Waals surface area contributed by atoms with Crippen LogP contribution in [0.1, 0.15) is 38.7 Å². The van der Waals surface area contributed by atoms with Gasteiger partial charge in [0.05, 0.1) is 0 Å². The first-order valence-electron chi connectivity index (χ1n) is 7.13. The van der Waals surface area contributed by atoms with Crippen molar-refractivity contribution in [1.29, 1.82) is 0 Å². The third-order valence-electron chi connectivity index (χ3n) is 3.60. The first-order chi connectivity index (χ1) is 9.70. The Bertz CT molecular complexity index is 512. The Hall–Kier alpha value is -1.95. The van der Waals surface area contributed by atoms with Crippen LogP contribution < -0.4 is 0 Å². The van der Waals surface area contributed by atoms with Gasteiger partial charge in [-0.1, -0.05) is 56.0 Å². The molecule has 106 valence electrons. The molecule has 20 heavy (non-hydrogen) atoms. The van der Waals surface area contributed by atoms with Gasteiger partial charge in [-0.3, -0.25) is 0 Å². The van der Waals surface area contributed by atoms with Gasteiger partial charge in [0.1, 0.15) is 0 Å². The summed E-state index contributed by atoms with van der Waals surface area (Å²) in [5.74, 6) is 6.27. The van der Waals surface area contributed by atoms with Gasteiger partial charge in [-0.25, -0.2) is 4.79 Å². The second-order valence-electron chi connectivity index (χ2n) is 4.90. The molecule has 3 nitrogen and oxygen atoms in total. The lowest BCUT2D eigenvalue weighted by Gasteiger charge is -2.22. The van der Waals surface area contributed by atoms with Crippen LogP contribution >= 0.6 is 0 Å². The molecule has 1 aliphatic heterocycles. The van der Waals surface area contributed by atoms with Crippen LogP contribution in [0.25, 0.3) is 0 Å². The molecule has 0 aromatic heterocycles. The molecular formula is C17H20O3. The summed E-state index contributed by atoms with van der Waals surface area (Å²) in [6.07, 6.45) is 2.15. The van der Waals surface area contributed by atoms with E-state index in [1.807, 2.05) is 32.0 Å². The van der Waals surface area contributed by atoms with Crippen LogP contribution in [0.15, 0.2) is 30.3 Å². The lowest BCUT2D eigenvalue weighted by Crippen LogP contribution is -2.37. The Kier molecular flexibility index (Phi) is 4.68. The second kappa shape index (κ2) is 6.47. The highest BCUT2D eigenvalue weighted by atomic mass is 16.8. The average molecular weight is 272 g/mol. The molecule has 1 aromatic carbocycles. The maximum Gasteiger partial charge on any atom is 0.510 e. The smallest absolute Gasteiger partial charge is 0.426 e. The topological polar surface area (TPSA) is 35.5 Å². The van der Waals surface area contributed by atoms with Crippen LogP contribution in [0, 0.1) is 11.8 Å². The molecule has 0 saturated carbocycles. The summed E-state index contributed by atoms with van der Waals surface area (Å²) in [5.41, 5.74) is 0.502. The van der Waals surface area contributed by atoms with Gasteiger partial charge in [0, 0.05) is 6.42 Å². The quantitative estimate of drug-likeness (QED) is 0.619. The van der Waals surface area contributed by atoms with Crippen LogP contribution in [0.5, 0.6) is 0 Å². The summed E-state index contributed by atoms with van der Waals surface area (Å²) >= 11 is 0. The summed E-state index contributed by atoms with van der Waals surface area (Å²) in [7, 11) is 0. The first kappa shape index (κ1) is 14.5. The normalized spacial score (nSPS) is 24.5. The summed E-state index contributed by atoms with van der Waals surface area (Å²) < 4.78 is 10.5. The van der Waals surface area contributed by atoms with Crippen molar-refractivity contribution in [3.8, 4) is 11.8 Å². The summed E-state index contributed by atoms with van der Waals surface area (Å²) in [4.78, 5) is 11.3. The van der Waals surface area contributed by atoms with Gasteiger partial charge >= 0.3 is 6.16 Å². The summed E-state index contributed by atoms with van der Waals surface area (Å²) in [6.45, 7) is 3.94. The van der Waals surface area contributed by atoms with Gasteiger partial charge in [-0.2, -0.15) is 0 Å². The molecule has 0 aliphatic carbocycles. The number of benzene rings is 1. The Balaban J connectivity index is 2.00. The molecule has 1 fully saturated rings. The molecule has 0 N–H and O–H groups in total. The number of ether oxygens (including phenoxy) is 2. The molecule has 1 aliphatic rings. The van der Waals surface area contributed by atoms with Crippen molar-refractivity contribution in [2.45, 2.75) is 51.2 Å². The van der Waals surface area contributed by atoms with Gasteiger partial charge in [0.25, 0.3) is 0 Å². The zero-order chi connectivity index (χ0) is 14.4. The molecule has 0 bridgehead atoms. The molecule has 1 heterocycles. The van der Waals surface area contributed by atoms with E-state index in [1.165, 1.54) is 5.56 Å². The van der Waals surface area contributed by atoms with Crippen LogP contribution in [0.3, 0.4) is 0 Å². The molecule has 0 radical (unpaired) electrons. The Morgan fingerprint density at radius 2 is 2.00 bits per heavy atom. The predicted molar refractivity (Wildman–Crippen MR) is 77.2 cm³/mol. The van der Waals surface area contributed by atoms with E-state index in [4.69, 9.17) is 9.47 Å². The van der Waals surface area contributed by atoms with Gasteiger partial charge in [-0.05, 0) is 24.8 Å². The van der Waals surface area contributed by atoms with E-state index in [9.17, 15) is 4.79 Å². The Morgan fingerprint density at radius 1 is 1.25 bits per heavy atom. The molecule has 2 atom stereocenters. The largest absolute Gasteiger partial charge is 0.510 e. The fourth-order valence-corrected chi connectivity index (χ4v) is 2.42. The molecule has 1 saturated heterocycles. The number of hydrogen-bond acceptors (Lipinski definition) is 3. The van der Waals surface area contributed by atoms with Crippen LogP contribution in [0.2, 0.25) is 0 Å². The van der Waals surface area contributed by atoms with E-state index in [0.29, 0.717) is 12.8 Å². The minimum Gasteiger partial charge on any atom is -0.426 e. The molecular weight excluding hydrogens is 252 g/mol. The molecule has 0 spiro atoms. The van der Waals surface area contributed by atoms with Crippen molar-refractivity contribution >= 4 is 6.16 Å². The van der Waals surface area contributed by atoms with E-state index in [-0.39, 0.29) is 6.10 Å². The maximum atomic E-state index is 11.3. The molecule has 2 unspecified atom stereocenters. The number of hydrogen-bond donors (Lipinski definition) is 0. The Morgan fingerprint density at radius 3 is 2.65 bits per heavy atom.